The number of urea groups is 1. The lowest BCUT2D eigenvalue weighted by molar-refractivity contribution is 0.0950. The highest BCUT2D eigenvalue weighted by molar-refractivity contribution is 6.34. The summed E-state index contributed by atoms with van der Waals surface area (Å²) in [6.07, 6.45) is 0. The number of carbonyl (C=O) groups excluding carboxylic acids is 2. The number of rotatable bonds is 5. The Morgan fingerprint density at radius 2 is 1.88 bits per heavy atom. The molecule has 0 bridgehead atoms. The fourth-order valence-electron chi connectivity index (χ4n) is 1.72. The smallest absolute Gasteiger partial charge is 0.319 e. The van der Waals surface area contributed by atoms with Crippen LogP contribution in [0.1, 0.15) is 38.1 Å². The molecular formula is C16H26Cl2N4O2. The van der Waals surface area contributed by atoms with Gasteiger partial charge in [0.15, 0.2) is 0 Å². The minimum absolute atomic E-state index is 0. The van der Waals surface area contributed by atoms with Crippen LogP contribution in [0.4, 0.5) is 10.5 Å². The van der Waals surface area contributed by atoms with Crippen LogP contribution in [0.3, 0.4) is 0 Å². The highest BCUT2D eigenvalue weighted by Crippen LogP contribution is 2.20. The highest BCUT2D eigenvalue weighted by atomic mass is 35.5. The molecule has 24 heavy (non-hydrogen) atoms. The zero-order valence-electron chi connectivity index (χ0n) is 14.6. The molecule has 1 unspecified atom stereocenters. The van der Waals surface area contributed by atoms with E-state index in [9.17, 15) is 9.59 Å². The van der Waals surface area contributed by atoms with Gasteiger partial charge >= 0.3 is 6.03 Å². The Balaban J connectivity index is 0.00000529. The van der Waals surface area contributed by atoms with Crippen LogP contribution in [0.5, 0.6) is 0 Å². The molecule has 3 amide bonds. The van der Waals surface area contributed by atoms with Gasteiger partial charge in [0.05, 0.1) is 10.6 Å². The molecule has 136 valence electrons. The van der Waals surface area contributed by atoms with Crippen molar-refractivity contribution < 1.29 is 9.59 Å². The first-order valence-electron chi connectivity index (χ1n) is 7.46. The number of nitrogens with one attached hydrogen (secondary N) is 4. The summed E-state index contributed by atoms with van der Waals surface area (Å²) in [4.78, 5) is 24.1. The topological polar surface area (TPSA) is 82.3 Å². The monoisotopic (exact) mass is 376 g/mol. The van der Waals surface area contributed by atoms with E-state index < -0.39 is 0 Å². The molecule has 1 atom stereocenters. The molecular weight excluding hydrogens is 351 g/mol. The summed E-state index contributed by atoms with van der Waals surface area (Å²) in [6, 6.07) is 4.61. The van der Waals surface area contributed by atoms with E-state index in [4.69, 9.17) is 11.6 Å². The van der Waals surface area contributed by atoms with Crippen LogP contribution in [-0.4, -0.2) is 37.1 Å². The predicted octanol–water partition coefficient (Wildman–Crippen LogP) is 3.02. The van der Waals surface area contributed by atoms with E-state index in [1.54, 1.807) is 18.2 Å². The van der Waals surface area contributed by atoms with E-state index >= 15 is 0 Å². The second kappa shape index (κ2) is 9.71. The second-order valence-corrected chi connectivity index (χ2v) is 6.83. The molecule has 1 aromatic rings. The van der Waals surface area contributed by atoms with Gasteiger partial charge in [0, 0.05) is 23.8 Å². The molecule has 0 aromatic heterocycles. The van der Waals surface area contributed by atoms with Gasteiger partial charge in [-0.25, -0.2) is 4.79 Å². The maximum atomic E-state index is 12.2. The molecule has 4 N–H and O–H groups in total. The average Bonchev–Trinajstić information content (AvgIpc) is 2.44. The van der Waals surface area contributed by atoms with Crippen LogP contribution in [-0.2, 0) is 0 Å². The predicted molar refractivity (Wildman–Crippen MR) is 101 cm³/mol. The summed E-state index contributed by atoms with van der Waals surface area (Å²) >= 11 is 6.08. The van der Waals surface area contributed by atoms with Gasteiger partial charge in [0.2, 0.25) is 0 Å². The zero-order chi connectivity index (χ0) is 17.6. The Kier molecular flexibility index (Phi) is 9.11. The van der Waals surface area contributed by atoms with Crippen molar-refractivity contribution in [3.63, 3.8) is 0 Å². The molecule has 8 heteroatoms. The number of hydrogen-bond donors (Lipinski definition) is 4. The highest BCUT2D eigenvalue weighted by Gasteiger charge is 2.16. The van der Waals surface area contributed by atoms with Crippen molar-refractivity contribution in [3.05, 3.63) is 28.8 Å². The molecule has 1 rings (SSSR count). The third-order valence-corrected chi connectivity index (χ3v) is 3.35. The summed E-state index contributed by atoms with van der Waals surface area (Å²) in [5.41, 5.74) is 0.478. The molecule has 0 radical (unpaired) electrons. The van der Waals surface area contributed by atoms with Crippen LogP contribution >= 0.6 is 24.0 Å². The Labute approximate surface area is 154 Å². The first-order chi connectivity index (χ1) is 10.6. The fraction of sp³-hybridized carbons (Fsp3) is 0.500. The van der Waals surface area contributed by atoms with Crippen molar-refractivity contribution in [2.24, 2.45) is 0 Å². The Morgan fingerprint density at radius 3 is 2.42 bits per heavy atom. The molecule has 1 aromatic carbocycles. The summed E-state index contributed by atoms with van der Waals surface area (Å²) in [6.45, 7) is 8.09. The second-order valence-electron chi connectivity index (χ2n) is 6.42. The number of carbonyl (C=O) groups is 2. The number of benzene rings is 1. The first kappa shape index (κ1) is 22.5. The molecule has 0 saturated carbocycles. The van der Waals surface area contributed by atoms with Crippen LogP contribution in [0.15, 0.2) is 18.2 Å². The van der Waals surface area contributed by atoms with Gasteiger partial charge in [-0.15, -0.1) is 12.4 Å². The average molecular weight is 377 g/mol. The maximum Gasteiger partial charge on any atom is 0.319 e. The van der Waals surface area contributed by atoms with E-state index in [-0.39, 0.29) is 35.9 Å². The van der Waals surface area contributed by atoms with Gasteiger partial charge < -0.3 is 21.3 Å². The van der Waals surface area contributed by atoms with Crippen molar-refractivity contribution in [1.82, 2.24) is 16.0 Å². The van der Waals surface area contributed by atoms with E-state index in [1.807, 2.05) is 34.7 Å². The third kappa shape index (κ3) is 7.86. The van der Waals surface area contributed by atoms with Gasteiger partial charge in [0.25, 0.3) is 5.91 Å². The minimum Gasteiger partial charge on any atom is -0.350 e. The van der Waals surface area contributed by atoms with Crippen LogP contribution in [0.2, 0.25) is 5.02 Å². The number of likely N-dealkylation sites (N-methyl/N-ethyl adjacent to an activating group) is 1. The fourth-order valence-corrected chi connectivity index (χ4v) is 1.93. The van der Waals surface area contributed by atoms with E-state index in [1.165, 1.54) is 0 Å². The van der Waals surface area contributed by atoms with Crippen molar-refractivity contribution in [2.45, 2.75) is 39.3 Å². The van der Waals surface area contributed by atoms with Gasteiger partial charge in [0.1, 0.15) is 0 Å². The van der Waals surface area contributed by atoms with Gasteiger partial charge in [-0.3, -0.25) is 4.79 Å². The lowest BCUT2D eigenvalue weighted by atomic mass is 10.1. The SMILES string of the molecule is CNC(C)CNC(=O)c1cc(NC(=O)NC(C)(C)C)ccc1Cl.Cl. The molecule has 0 saturated heterocycles. The van der Waals surface area contributed by atoms with Crippen molar-refractivity contribution in [3.8, 4) is 0 Å². The van der Waals surface area contributed by atoms with E-state index in [0.29, 0.717) is 22.8 Å². The lowest BCUT2D eigenvalue weighted by Crippen LogP contribution is -2.43. The summed E-state index contributed by atoms with van der Waals surface area (Å²) < 4.78 is 0. The van der Waals surface area contributed by atoms with Crippen LogP contribution < -0.4 is 21.3 Å². The van der Waals surface area contributed by atoms with Crippen molar-refractivity contribution >= 4 is 41.6 Å². The lowest BCUT2D eigenvalue weighted by Gasteiger charge is -2.21. The zero-order valence-corrected chi connectivity index (χ0v) is 16.2. The maximum absolute atomic E-state index is 12.2. The van der Waals surface area contributed by atoms with Gasteiger partial charge in [-0.1, -0.05) is 11.6 Å². The molecule has 6 nitrogen and oxygen atoms in total. The molecule has 0 spiro atoms. The standard InChI is InChI=1S/C16H25ClN4O2.ClH/c1-10(18-5)9-19-14(22)12-8-11(6-7-13(12)17)20-15(23)21-16(2,3)4;/h6-8,10,18H,9H2,1-5H3,(H,19,22)(H2,20,21,23);1H. The van der Waals surface area contributed by atoms with Crippen molar-refractivity contribution in [2.75, 3.05) is 18.9 Å². The van der Waals surface area contributed by atoms with Gasteiger partial charge in [-0.05, 0) is 52.9 Å². The van der Waals surface area contributed by atoms with Crippen LogP contribution in [0, 0.1) is 0 Å². The third-order valence-electron chi connectivity index (χ3n) is 3.02. The Hall–Kier alpha value is -1.50. The van der Waals surface area contributed by atoms with Gasteiger partial charge in [-0.2, -0.15) is 0 Å². The molecule has 0 heterocycles. The summed E-state index contributed by atoms with van der Waals surface area (Å²) in [7, 11) is 1.82. The minimum atomic E-state index is -0.347. The summed E-state index contributed by atoms with van der Waals surface area (Å²) in [5, 5.41) is 11.6. The molecule has 0 aliphatic carbocycles. The Morgan fingerprint density at radius 1 is 1.25 bits per heavy atom. The summed E-state index contributed by atoms with van der Waals surface area (Å²) in [5.74, 6) is -0.281. The number of halogens is 2. The molecule has 0 aliphatic heterocycles. The quantitative estimate of drug-likeness (QED) is 0.637. The van der Waals surface area contributed by atoms with Crippen LogP contribution in [0.25, 0.3) is 0 Å². The van der Waals surface area contributed by atoms with E-state index in [2.05, 4.69) is 21.3 Å². The normalized spacial score (nSPS) is 11.9. The largest absolute Gasteiger partial charge is 0.350 e. The number of amides is 3. The molecule has 0 fully saturated rings. The van der Waals surface area contributed by atoms with Crippen molar-refractivity contribution in [1.29, 1.82) is 0 Å². The number of anilines is 1. The number of hydrogen-bond acceptors (Lipinski definition) is 3. The first-order valence-corrected chi connectivity index (χ1v) is 7.84. The Bertz CT molecular complexity index is 574. The molecule has 0 aliphatic rings. The van der Waals surface area contributed by atoms with E-state index in [0.717, 1.165) is 0 Å².